The first-order chi connectivity index (χ1) is 17.6. The molecular formula is C24H37Cl2F6N5O. The normalized spacial score (nSPS) is 32.6. The molecule has 14 heteroatoms. The largest absolute Gasteiger partial charge is 0.391 e. The van der Waals surface area contributed by atoms with Gasteiger partial charge in [0.2, 0.25) is 5.91 Å². The lowest BCUT2D eigenvalue weighted by atomic mass is 9.73. The molecule has 1 heterocycles. The minimum Gasteiger partial charge on any atom is -0.370 e. The van der Waals surface area contributed by atoms with Crippen molar-refractivity contribution in [2.24, 2.45) is 29.4 Å². The maximum Gasteiger partial charge on any atom is 0.391 e. The molecule has 6 atom stereocenters. The van der Waals surface area contributed by atoms with Crippen LogP contribution in [0.3, 0.4) is 0 Å². The minimum absolute atomic E-state index is 0.0150. The summed E-state index contributed by atoms with van der Waals surface area (Å²) in [6.45, 7) is 2.56. The number of carbonyl (C=O) groups excluding carboxylic acids is 1. The molecule has 2 saturated carbocycles. The predicted octanol–water partition coefficient (Wildman–Crippen LogP) is 4.89. The van der Waals surface area contributed by atoms with Gasteiger partial charge in [-0.25, -0.2) is 0 Å². The van der Waals surface area contributed by atoms with E-state index in [1.54, 1.807) is 11.9 Å². The highest BCUT2D eigenvalue weighted by atomic mass is 35.5. The molecule has 6 nitrogen and oxygen atoms in total. The van der Waals surface area contributed by atoms with Gasteiger partial charge in [0.1, 0.15) is 0 Å². The van der Waals surface area contributed by atoms with Gasteiger partial charge in [-0.3, -0.25) is 15.1 Å². The second-order valence-electron chi connectivity index (χ2n) is 11.1. The van der Waals surface area contributed by atoms with Crippen LogP contribution < -0.4 is 5.73 Å². The molecule has 220 valence electrons. The van der Waals surface area contributed by atoms with Crippen molar-refractivity contribution >= 4 is 35.1 Å². The fourth-order valence-corrected chi connectivity index (χ4v) is 6.82. The lowest BCUT2D eigenvalue weighted by Crippen LogP contribution is -2.58. The van der Waals surface area contributed by atoms with Gasteiger partial charge in [0.05, 0.1) is 17.2 Å². The summed E-state index contributed by atoms with van der Waals surface area (Å²) in [5.41, 5.74) is 5.61. The number of guanidine groups is 1. The molecule has 0 aromatic carbocycles. The molecule has 38 heavy (non-hydrogen) atoms. The average Bonchev–Trinajstić information content (AvgIpc) is 2.83. The van der Waals surface area contributed by atoms with Crippen LogP contribution in [0.25, 0.3) is 0 Å². The summed E-state index contributed by atoms with van der Waals surface area (Å²) in [5.74, 6) is -5.48. The first kappa shape index (κ1) is 31.4. The van der Waals surface area contributed by atoms with Gasteiger partial charge in [0.15, 0.2) is 5.96 Å². The van der Waals surface area contributed by atoms with Gasteiger partial charge in [-0.2, -0.15) is 26.3 Å². The molecule has 1 aliphatic heterocycles. The molecule has 0 bridgehead atoms. The monoisotopic (exact) mass is 595 g/mol. The molecule has 2 aliphatic carbocycles. The van der Waals surface area contributed by atoms with Crippen molar-refractivity contribution in [3.05, 3.63) is 0 Å². The third-order valence-corrected chi connectivity index (χ3v) is 9.62. The Bertz CT molecular complexity index is 801. The van der Waals surface area contributed by atoms with Crippen LogP contribution in [0.4, 0.5) is 26.3 Å². The summed E-state index contributed by atoms with van der Waals surface area (Å²) in [6, 6.07) is -0.110. The number of rotatable bonds is 6. The van der Waals surface area contributed by atoms with Crippen LogP contribution in [0.15, 0.2) is 0 Å². The number of carbonyl (C=O) groups is 1. The number of likely N-dealkylation sites (N-methyl/N-ethyl adjacent to an activating group) is 1. The van der Waals surface area contributed by atoms with Gasteiger partial charge >= 0.3 is 12.4 Å². The highest BCUT2D eigenvalue weighted by molar-refractivity contribution is 6.30. The molecule has 0 radical (unpaired) electrons. The molecule has 1 saturated heterocycles. The molecular weight excluding hydrogens is 559 g/mol. The van der Waals surface area contributed by atoms with Crippen molar-refractivity contribution in [1.29, 1.82) is 5.41 Å². The number of piperazine rings is 1. The third kappa shape index (κ3) is 8.19. The Kier molecular flexibility index (Phi) is 10.4. The van der Waals surface area contributed by atoms with E-state index in [2.05, 4.69) is 4.90 Å². The Morgan fingerprint density at radius 3 is 1.97 bits per heavy atom. The van der Waals surface area contributed by atoms with Crippen LogP contribution in [0.1, 0.15) is 44.9 Å². The summed E-state index contributed by atoms with van der Waals surface area (Å²) in [7, 11) is 1.55. The zero-order valence-corrected chi connectivity index (χ0v) is 22.9. The highest BCUT2D eigenvalue weighted by Crippen LogP contribution is 2.48. The van der Waals surface area contributed by atoms with Gasteiger partial charge in [0, 0.05) is 57.6 Å². The van der Waals surface area contributed by atoms with Crippen molar-refractivity contribution in [3.63, 3.8) is 0 Å². The van der Waals surface area contributed by atoms with Gasteiger partial charge in [-0.05, 0) is 50.4 Å². The van der Waals surface area contributed by atoms with E-state index >= 15 is 0 Å². The number of halogens is 8. The summed E-state index contributed by atoms with van der Waals surface area (Å²) in [4.78, 5) is 18.5. The molecule has 3 fully saturated rings. The number of nitrogens with zero attached hydrogens (tertiary/aromatic N) is 3. The van der Waals surface area contributed by atoms with E-state index in [0.29, 0.717) is 39.0 Å². The standard InChI is InChI=1S/C24H37Cl2F6N5O/c1-35(21(38)10-14-8-16(23(27,28)29)12-17(9-14)24(30,31)32)13-20(15-2-3-18(25)19(26)11-15)36-4-6-37(7-5-36)22(33)34/h14-20H,2-13H2,1H3,(H3,33,34). The zero-order chi connectivity index (χ0) is 28.4. The maximum atomic E-state index is 13.4. The molecule has 0 spiro atoms. The van der Waals surface area contributed by atoms with Crippen LogP contribution in [0.5, 0.6) is 0 Å². The lowest BCUT2D eigenvalue weighted by molar-refractivity contribution is -0.229. The Hall–Kier alpha value is -1.14. The molecule has 3 rings (SSSR count). The molecule has 3 N–H and O–H groups in total. The summed E-state index contributed by atoms with van der Waals surface area (Å²) < 4.78 is 80.3. The van der Waals surface area contributed by atoms with Gasteiger partial charge in [0.25, 0.3) is 0 Å². The predicted molar refractivity (Wildman–Crippen MR) is 134 cm³/mol. The van der Waals surface area contributed by atoms with E-state index in [1.807, 2.05) is 0 Å². The Morgan fingerprint density at radius 2 is 1.50 bits per heavy atom. The van der Waals surface area contributed by atoms with Crippen molar-refractivity contribution in [1.82, 2.24) is 14.7 Å². The zero-order valence-electron chi connectivity index (χ0n) is 21.4. The third-order valence-electron chi connectivity index (χ3n) is 8.48. The van der Waals surface area contributed by atoms with Gasteiger partial charge in [-0.15, -0.1) is 23.2 Å². The molecule has 0 aromatic heterocycles. The average molecular weight is 596 g/mol. The van der Waals surface area contributed by atoms with Gasteiger partial charge < -0.3 is 15.5 Å². The summed E-state index contributed by atoms with van der Waals surface area (Å²) in [5, 5.41) is 7.27. The van der Waals surface area contributed by atoms with Gasteiger partial charge in [-0.1, -0.05) is 0 Å². The number of alkyl halides is 8. The minimum atomic E-state index is -4.73. The van der Waals surface area contributed by atoms with Crippen LogP contribution in [-0.2, 0) is 4.79 Å². The smallest absolute Gasteiger partial charge is 0.370 e. The fraction of sp³-hybridized carbons (Fsp3) is 0.917. The highest BCUT2D eigenvalue weighted by Gasteiger charge is 2.52. The molecule has 3 aliphatic rings. The Balaban J connectivity index is 1.69. The summed E-state index contributed by atoms with van der Waals surface area (Å²) >= 11 is 12.8. The Morgan fingerprint density at radius 1 is 0.947 bits per heavy atom. The lowest BCUT2D eigenvalue weighted by Gasteiger charge is -2.45. The summed E-state index contributed by atoms with van der Waals surface area (Å²) in [6.07, 6.45) is -9.61. The van der Waals surface area contributed by atoms with Crippen molar-refractivity contribution in [3.8, 4) is 0 Å². The molecule has 6 unspecified atom stereocenters. The van der Waals surface area contributed by atoms with E-state index < -0.39 is 55.3 Å². The Labute approximate surface area is 229 Å². The van der Waals surface area contributed by atoms with E-state index in [9.17, 15) is 31.1 Å². The van der Waals surface area contributed by atoms with Crippen molar-refractivity contribution in [2.45, 2.75) is 74.1 Å². The van der Waals surface area contributed by atoms with E-state index in [1.165, 1.54) is 4.90 Å². The van der Waals surface area contributed by atoms with Crippen LogP contribution in [-0.4, -0.2) is 95.5 Å². The van der Waals surface area contributed by atoms with E-state index in [4.69, 9.17) is 34.3 Å². The number of hydrogen-bond acceptors (Lipinski definition) is 3. The first-order valence-corrected chi connectivity index (χ1v) is 13.9. The second kappa shape index (κ2) is 12.6. The van der Waals surface area contributed by atoms with E-state index in [0.717, 1.165) is 6.42 Å². The van der Waals surface area contributed by atoms with Crippen molar-refractivity contribution < 1.29 is 31.1 Å². The number of hydrogen-bond donors (Lipinski definition) is 2. The number of nitrogens with two attached hydrogens (primary N) is 1. The first-order valence-electron chi connectivity index (χ1n) is 13.0. The SMILES string of the molecule is CN(CC(C1CCC(Cl)C(Cl)C1)N1CCN(C(=N)N)CC1)C(=O)CC1CC(C(F)(F)F)CC(C(F)(F)F)C1. The van der Waals surface area contributed by atoms with Crippen molar-refractivity contribution in [2.75, 3.05) is 39.8 Å². The topological polar surface area (TPSA) is 76.7 Å². The molecule has 1 amide bonds. The number of amides is 1. The maximum absolute atomic E-state index is 13.4. The van der Waals surface area contributed by atoms with E-state index in [-0.39, 0.29) is 41.6 Å². The van der Waals surface area contributed by atoms with Crippen LogP contribution in [0, 0.1) is 29.1 Å². The molecule has 0 aromatic rings. The number of nitrogens with one attached hydrogen (secondary N) is 1. The second-order valence-corrected chi connectivity index (χ2v) is 12.2. The fourth-order valence-electron chi connectivity index (χ4n) is 6.24. The van der Waals surface area contributed by atoms with Crippen LogP contribution >= 0.6 is 23.2 Å². The van der Waals surface area contributed by atoms with Crippen LogP contribution in [0.2, 0.25) is 0 Å². The quantitative estimate of drug-likeness (QED) is 0.198.